The maximum absolute atomic E-state index is 12.5. The molecule has 0 saturated carbocycles. The Bertz CT molecular complexity index is 872. The third-order valence-corrected chi connectivity index (χ3v) is 4.45. The first-order valence-corrected chi connectivity index (χ1v) is 7.89. The molecule has 0 aliphatic rings. The van der Waals surface area contributed by atoms with Crippen LogP contribution in [0.3, 0.4) is 0 Å². The minimum atomic E-state index is -4.56. The van der Waals surface area contributed by atoms with Gasteiger partial charge in [0.15, 0.2) is 0 Å². The van der Waals surface area contributed by atoms with Crippen LogP contribution < -0.4 is 4.72 Å². The summed E-state index contributed by atoms with van der Waals surface area (Å²) in [5, 5.41) is 9.15. The van der Waals surface area contributed by atoms with Gasteiger partial charge in [-0.3, -0.25) is 4.72 Å². The van der Waals surface area contributed by atoms with Crippen LogP contribution >= 0.6 is 11.6 Å². The largest absolute Gasteiger partial charge is 0.416 e. The van der Waals surface area contributed by atoms with Gasteiger partial charge in [0.05, 0.1) is 21.7 Å². The number of sulfonamides is 1. The Balaban J connectivity index is 2.37. The number of nitrogens with zero attached hydrogens (tertiary/aromatic N) is 1. The summed E-state index contributed by atoms with van der Waals surface area (Å²) in [6.07, 6.45) is -4.56. The van der Waals surface area contributed by atoms with Crippen molar-refractivity contribution in [2.24, 2.45) is 0 Å². The Morgan fingerprint density at radius 3 is 2.22 bits per heavy atom. The summed E-state index contributed by atoms with van der Waals surface area (Å²) in [6, 6.07) is 8.77. The molecule has 0 saturated heterocycles. The van der Waals surface area contributed by atoms with Crippen LogP contribution in [0.15, 0.2) is 47.4 Å². The molecule has 0 amide bonds. The van der Waals surface area contributed by atoms with Crippen LogP contribution in [0.1, 0.15) is 11.1 Å². The SMILES string of the molecule is N#Cc1ccc(Cl)cc1NS(=O)(=O)c1ccc(C(F)(F)F)cc1. The average Bonchev–Trinajstić information content (AvgIpc) is 2.46. The molecule has 4 nitrogen and oxygen atoms in total. The normalized spacial score (nSPS) is 11.8. The summed E-state index contributed by atoms with van der Waals surface area (Å²) in [5.74, 6) is 0. The van der Waals surface area contributed by atoms with E-state index >= 15 is 0 Å². The smallest absolute Gasteiger partial charge is 0.278 e. The Kier molecular flexibility index (Phi) is 4.54. The first kappa shape index (κ1) is 17.1. The lowest BCUT2D eigenvalue weighted by Crippen LogP contribution is -2.14. The van der Waals surface area contributed by atoms with Crippen molar-refractivity contribution in [3.8, 4) is 6.07 Å². The second kappa shape index (κ2) is 6.10. The molecular formula is C14H8ClF3N2O2S. The first-order chi connectivity index (χ1) is 10.6. The molecule has 1 N–H and O–H groups in total. The number of hydrogen-bond donors (Lipinski definition) is 1. The lowest BCUT2D eigenvalue weighted by molar-refractivity contribution is -0.137. The molecule has 0 atom stereocenters. The van der Waals surface area contributed by atoms with Crippen molar-refractivity contribution in [1.82, 2.24) is 0 Å². The topological polar surface area (TPSA) is 70.0 Å². The second-order valence-electron chi connectivity index (χ2n) is 4.43. The van der Waals surface area contributed by atoms with Crippen molar-refractivity contribution in [3.63, 3.8) is 0 Å². The highest BCUT2D eigenvalue weighted by atomic mass is 35.5. The molecule has 23 heavy (non-hydrogen) atoms. The van der Waals surface area contributed by atoms with E-state index in [1.165, 1.54) is 18.2 Å². The summed E-state index contributed by atoms with van der Waals surface area (Å²) in [4.78, 5) is -0.366. The van der Waals surface area contributed by atoms with Crippen molar-refractivity contribution in [2.75, 3.05) is 4.72 Å². The molecule has 0 aliphatic heterocycles. The average molecular weight is 361 g/mol. The van der Waals surface area contributed by atoms with Gasteiger partial charge in [0, 0.05) is 5.02 Å². The van der Waals surface area contributed by atoms with Crippen LogP contribution in [0.2, 0.25) is 5.02 Å². The minimum absolute atomic E-state index is 0.0323. The number of benzene rings is 2. The van der Waals surface area contributed by atoms with E-state index in [1.807, 2.05) is 0 Å². The molecule has 0 spiro atoms. The number of anilines is 1. The van der Waals surface area contributed by atoms with E-state index in [1.54, 1.807) is 6.07 Å². The molecule has 2 aromatic rings. The zero-order chi connectivity index (χ0) is 17.3. The van der Waals surface area contributed by atoms with Gasteiger partial charge >= 0.3 is 6.18 Å². The van der Waals surface area contributed by atoms with E-state index in [9.17, 15) is 21.6 Å². The first-order valence-electron chi connectivity index (χ1n) is 6.03. The van der Waals surface area contributed by atoms with Crippen LogP contribution in [0.5, 0.6) is 0 Å². The minimum Gasteiger partial charge on any atom is -0.278 e. The van der Waals surface area contributed by atoms with Gasteiger partial charge < -0.3 is 0 Å². The van der Waals surface area contributed by atoms with Crippen molar-refractivity contribution >= 4 is 27.3 Å². The molecule has 0 unspecified atom stereocenters. The lowest BCUT2D eigenvalue weighted by atomic mass is 10.2. The number of rotatable bonds is 3. The second-order valence-corrected chi connectivity index (χ2v) is 6.55. The number of hydrogen-bond acceptors (Lipinski definition) is 3. The van der Waals surface area contributed by atoms with Gasteiger partial charge in [-0.25, -0.2) is 8.42 Å². The fourth-order valence-electron chi connectivity index (χ4n) is 1.73. The number of nitriles is 1. The molecule has 0 heterocycles. The zero-order valence-electron chi connectivity index (χ0n) is 11.2. The predicted molar refractivity (Wildman–Crippen MR) is 78.4 cm³/mol. The summed E-state index contributed by atoms with van der Waals surface area (Å²) in [5.41, 5.74) is -0.985. The van der Waals surface area contributed by atoms with Crippen LogP contribution in [-0.2, 0) is 16.2 Å². The standard InChI is InChI=1S/C14H8ClF3N2O2S/c15-11-4-1-9(8-19)13(7-11)20-23(21,22)12-5-2-10(3-6-12)14(16,17)18/h1-7,20H. The number of alkyl halides is 3. The van der Waals surface area contributed by atoms with E-state index in [2.05, 4.69) is 4.72 Å². The fourth-order valence-corrected chi connectivity index (χ4v) is 2.97. The van der Waals surface area contributed by atoms with Crippen molar-refractivity contribution in [3.05, 3.63) is 58.6 Å². The Morgan fingerprint density at radius 2 is 1.70 bits per heavy atom. The molecule has 0 bridgehead atoms. The van der Waals surface area contributed by atoms with Crippen LogP contribution in [0, 0.1) is 11.3 Å². The molecule has 0 fully saturated rings. The molecule has 2 aromatic carbocycles. The monoisotopic (exact) mass is 360 g/mol. The van der Waals surface area contributed by atoms with Crippen molar-refractivity contribution in [1.29, 1.82) is 5.26 Å². The fraction of sp³-hybridized carbons (Fsp3) is 0.0714. The molecule has 9 heteroatoms. The van der Waals surface area contributed by atoms with Crippen LogP contribution in [0.25, 0.3) is 0 Å². The third-order valence-electron chi connectivity index (χ3n) is 2.84. The van der Waals surface area contributed by atoms with E-state index < -0.39 is 21.8 Å². The van der Waals surface area contributed by atoms with Gasteiger partial charge in [-0.2, -0.15) is 18.4 Å². The van der Waals surface area contributed by atoms with E-state index in [4.69, 9.17) is 16.9 Å². The number of nitrogens with one attached hydrogen (secondary N) is 1. The molecule has 0 aliphatic carbocycles. The van der Waals surface area contributed by atoms with E-state index in [-0.39, 0.29) is 21.2 Å². The maximum atomic E-state index is 12.5. The van der Waals surface area contributed by atoms with Gasteiger partial charge in [0.25, 0.3) is 10.0 Å². The van der Waals surface area contributed by atoms with Crippen molar-refractivity contribution < 1.29 is 21.6 Å². The molecule has 0 radical (unpaired) electrons. The quantitative estimate of drug-likeness (QED) is 0.898. The maximum Gasteiger partial charge on any atom is 0.416 e. The third kappa shape index (κ3) is 3.94. The van der Waals surface area contributed by atoms with Gasteiger partial charge in [-0.1, -0.05) is 11.6 Å². The summed E-state index contributed by atoms with van der Waals surface area (Å²) >= 11 is 5.75. The van der Waals surface area contributed by atoms with Gasteiger partial charge in [0.1, 0.15) is 6.07 Å². The highest BCUT2D eigenvalue weighted by Crippen LogP contribution is 2.30. The molecule has 0 aromatic heterocycles. The summed E-state index contributed by atoms with van der Waals surface area (Å²) in [6.45, 7) is 0. The summed E-state index contributed by atoms with van der Waals surface area (Å²) in [7, 11) is -4.15. The Morgan fingerprint density at radius 1 is 1.09 bits per heavy atom. The summed E-state index contributed by atoms with van der Waals surface area (Å²) < 4.78 is 64.0. The Labute approximate surface area is 135 Å². The van der Waals surface area contributed by atoms with E-state index in [0.717, 1.165) is 12.1 Å². The van der Waals surface area contributed by atoms with Gasteiger partial charge in [-0.05, 0) is 42.5 Å². The van der Waals surface area contributed by atoms with Crippen molar-refractivity contribution in [2.45, 2.75) is 11.1 Å². The van der Waals surface area contributed by atoms with Crippen LogP contribution in [0.4, 0.5) is 18.9 Å². The molecule has 120 valence electrons. The highest BCUT2D eigenvalue weighted by molar-refractivity contribution is 7.92. The van der Waals surface area contributed by atoms with Gasteiger partial charge in [-0.15, -0.1) is 0 Å². The lowest BCUT2D eigenvalue weighted by Gasteiger charge is -2.11. The van der Waals surface area contributed by atoms with E-state index in [0.29, 0.717) is 12.1 Å². The highest BCUT2D eigenvalue weighted by Gasteiger charge is 2.30. The van der Waals surface area contributed by atoms with Crippen LogP contribution in [-0.4, -0.2) is 8.42 Å². The van der Waals surface area contributed by atoms with Gasteiger partial charge in [0.2, 0.25) is 0 Å². The Hall–Kier alpha value is -2.24. The predicted octanol–water partition coefficient (Wildman–Crippen LogP) is 4.03. The molecule has 2 rings (SSSR count). The zero-order valence-corrected chi connectivity index (χ0v) is 12.8. The molecular weight excluding hydrogens is 353 g/mol. The number of halogens is 4.